The van der Waals surface area contributed by atoms with Gasteiger partial charge in [0.1, 0.15) is 30.6 Å². The number of ether oxygens (including phenoxy) is 2. The van der Waals surface area contributed by atoms with Gasteiger partial charge in [0.05, 0.1) is 25.4 Å². The van der Waals surface area contributed by atoms with Crippen molar-refractivity contribution < 1.29 is 62.2 Å². The zero-order valence-electron chi connectivity index (χ0n) is 24.0. The fraction of sp³-hybridized carbons (Fsp3) is 0.810. The molecule has 2 fully saturated rings. The van der Waals surface area contributed by atoms with Crippen LogP contribution in [0.25, 0.3) is 10.4 Å². The molecular weight excluding hydrogens is 638 g/mol. The number of nitrogens with one attached hydrogen (secondary N) is 1. The van der Waals surface area contributed by atoms with E-state index in [0.29, 0.717) is 0 Å². The van der Waals surface area contributed by atoms with Crippen molar-refractivity contribution in [3.8, 4) is 0 Å². The van der Waals surface area contributed by atoms with Crippen molar-refractivity contribution in [2.75, 3.05) is 32.8 Å². The van der Waals surface area contributed by atoms with E-state index in [1.54, 1.807) is 0 Å². The van der Waals surface area contributed by atoms with Gasteiger partial charge in [0.2, 0.25) is 0 Å². The Balaban J connectivity index is 0.000000860. The van der Waals surface area contributed by atoms with E-state index in [9.17, 15) is 43.8 Å². The first kappa shape index (κ1) is 38.2. The van der Waals surface area contributed by atoms with Crippen LogP contribution in [0.1, 0.15) is 33.4 Å². The van der Waals surface area contributed by atoms with Crippen LogP contribution < -0.4 is 11.2 Å². The molecule has 3 rings (SSSR count). The highest BCUT2D eigenvalue weighted by Gasteiger charge is 2.48. The number of phosphoric ester groups is 2. The lowest BCUT2D eigenvalue weighted by atomic mass is 10.00. The van der Waals surface area contributed by atoms with E-state index in [-0.39, 0.29) is 6.42 Å². The van der Waals surface area contributed by atoms with E-state index < -0.39 is 89.2 Å². The Bertz CT molecular complexity index is 1310. The largest absolute Gasteiger partial charge is 0.483 e. The Morgan fingerprint density at radius 2 is 1.70 bits per heavy atom. The third-order valence-corrected chi connectivity index (χ3v) is 9.20. The second kappa shape index (κ2) is 17.0. The van der Waals surface area contributed by atoms with Gasteiger partial charge in [-0.05, 0) is 25.2 Å². The molecule has 10 atom stereocenters. The van der Waals surface area contributed by atoms with Crippen LogP contribution in [0.15, 0.2) is 27.0 Å². The van der Waals surface area contributed by atoms with Crippen LogP contribution in [-0.2, 0) is 32.0 Å². The number of phosphoric acid groups is 2. The van der Waals surface area contributed by atoms with Gasteiger partial charge in [0, 0.05) is 23.6 Å². The molecule has 44 heavy (non-hydrogen) atoms. The number of nitrogens with zero attached hydrogens (tertiary/aromatic N) is 5. The molecule has 3 heterocycles. The van der Waals surface area contributed by atoms with Gasteiger partial charge in [-0.15, -0.1) is 0 Å². The van der Waals surface area contributed by atoms with Gasteiger partial charge in [-0.3, -0.25) is 23.4 Å². The number of aliphatic hydroxyl groups is 4. The van der Waals surface area contributed by atoms with Gasteiger partial charge in [-0.1, -0.05) is 25.9 Å². The minimum atomic E-state index is -5.56. The highest BCUT2D eigenvalue weighted by Crippen LogP contribution is 2.61. The Morgan fingerprint density at radius 1 is 1.07 bits per heavy atom. The van der Waals surface area contributed by atoms with E-state index in [1.807, 2.05) is 4.98 Å². The Labute approximate surface area is 250 Å². The molecule has 0 saturated carbocycles. The molecule has 7 N–H and O–H groups in total. The molecule has 1 aromatic rings. The number of H-pyrrole nitrogens is 1. The molecule has 2 unspecified atom stereocenters. The lowest BCUT2D eigenvalue weighted by Gasteiger charge is -2.39. The molecule has 252 valence electrons. The molecule has 0 aliphatic carbocycles. The van der Waals surface area contributed by atoms with Crippen LogP contribution in [-0.4, -0.2) is 120 Å². The summed E-state index contributed by atoms with van der Waals surface area (Å²) in [5.74, 6) is 0. The van der Waals surface area contributed by atoms with Gasteiger partial charge in [0.25, 0.3) is 5.56 Å². The van der Waals surface area contributed by atoms with Crippen LogP contribution in [0.3, 0.4) is 0 Å². The second-order valence-electron chi connectivity index (χ2n) is 9.39. The highest BCUT2D eigenvalue weighted by atomic mass is 31.3. The fourth-order valence-electron chi connectivity index (χ4n) is 4.18. The fourth-order valence-corrected chi connectivity index (χ4v) is 6.33. The lowest BCUT2D eigenvalue weighted by Crippen LogP contribution is -2.58. The molecule has 0 aromatic carbocycles. The number of aromatic amines is 1. The van der Waals surface area contributed by atoms with Crippen molar-refractivity contribution in [2.24, 2.45) is 5.11 Å². The van der Waals surface area contributed by atoms with Crippen molar-refractivity contribution in [3.05, 3.63) is 43.5 Å². The zero-order chi connectivity index (χ0) is 33.2. The van der Waals surface area contributed by atoms with Gasteiger partial charge in [-0.2, -0.15) is 4.31 Å². The Morgan fingerprint density at radius 3 is 2.23 bits per heavy atom. The first-order valence-electron chi connectivity index (χ1n) is 13.4. The van der Waals surface area contributed by atoms with Gasteiger partial charge in [-0.25, -0.2) is 13.9 Å². The number of azide groups is 1. The maximum atomic E-state index is 12.3. The third-order valence-electron chi connectivity index (χ3n) is 6.60. The topological polar surface area (TPSA) is 309 Å². The highest BCUT2D eigenvalue weighted by molar-refractivity contribution is 7.61. The first-order valence-corrected chi connectivity index (χ1v) is 16.3. The summed E-state index contributed by atoms with van der Waals surface area (Å²) >= 11 is 0. The van der Waals surface area contributed by atoms with Crippen molar-refractivity contribution in [2.45, 2.75) is 76.3 Å². The van der Waals surface area contributed by atoms with Gasteiger partial charge in [0.15, 0.2) is 6.29 Å². The number of hydrogen-bond donors (Lipinski definition) is 7. The van der Waals surface area contributed by atoms with Crippen LogP contribution in [0.4, 0.5) is 0 Å². The van der Waals surface area contributed by atoms with Crippen LogP contribution in [0.5, 0.6) is 0 Å². The molecule has 0 amide bonds. The SMILES string of the molecule is CCN(CC)CC.[N-]=[N+]=N[C@H]1C[C@H](n2ccc(=O)[nH]c2=O)O[C@@H]1COP(=O)(O)OP(=O)(O)O[C@H]1O[C@H](CO)[C@@H](O)[C@H](O)[C@H]1O. The summed E-state index contributed by atoms with van der Waals surface area (Å²) in [5.41, 5.74) is 7.25. The first-order chi connectivity index (χ1) is 20.6. The summed E-state index contributed by atoms with van der Waals surface area (Å²) in [6.07, 6.45) is -10.9. The minimum Gasteiger partial charge on any atom is -0.394 e. The summed E-state index contributed by atoms with van der Waals surface area (Å²) in [6.45, 7) is 8.38. The van der Waals surface area contributed by atoms with E-state index in [0.717, 1.165) is 16.8 Å². The third kappa shape index (κ3) is 10.8. The van der Waals surface area contributed by atoms with E-state index in [1.165, 1.54) is 19.6 Å². The van der Waals surface area contributed by atoms with Crippen LogP contribution in [0, 0.1) is 0 Å². The second-order valence-corrected chi connectivity index (χ2v) is 12.4. The van der Waals surface area contributed by atoms with E-state index in [4.69, 9.17) is 20.1 Å². The molecule has 2 aliphatic heterocycles. The normalized spacial score (nSPS) is 31.3. The van der Waals surface area contributed by atoms with Crippen molar-refractivity contribution in [1.29, 1.82) is 0 Å². The number of hydrogen-bond acceptors (Lipinski definition) is 15. The zero-order valence-corrected chi connectivity index (χ0v) is 25.8. The lowest BCUT2D eigenvalue weighted by molar-refractivity contribution is -0.280. The number of aromatic nitrogens is 2. The van der Waals surface area contributed by atoms with Crippen molar-refractivity contribution in [1.82, 2.24) is 14.5 Å². The van der Waals surface area contributed by atoms with E-state index >= 15 is 0 Å². The van der Waals surface area contributed by atoms with Gasteiger partial charge < -0.3 is 44.6 Å². The quantitative estimate of drug-likeness (QED) is 0.0564. The monoisotopic (exact) mass is 676 g/mol. The predicted octanol–water partition coefficient (Wildman–Crippen LogP) is -1.10. The molecule has 0 radical (unpaired) electrons. The summed E-state index contributed by atoms with van der Waals surface area (Å²) in [7, 11) is -11.0. The van der Waals surface area contributed by atoms with Gasteiger partial charge >= 0.3 is 21.3 Å². The maximum Gasteiger partial charge on any atom is 0.483 e. The number of rotatable bonds is 13. The standard InChI is InChI=1S/C15H23N5O15P2.C6H15N/c16-19-18-6-3-10(20-2-1-9(22)17-15(20)26)32-8(6)5-31-36(27,28)35-37(29,30)34-14-13(25)12(24)11(23)7(4-21)33-14;1-4-7(5-2)6-3/h1-2,6-8,10-14,21,23-25H,3-5H2,(H,27,28)(H,29,30)(H,17,22,26);4-6H2,1-3H3/t6-,7+,8+,10+,11+,12-,13+,14+;/m0./s1. The van der Waals surface area contributed by atoms with Crippen LogP contribution >= 0.6 is 15.6 Å². The Kier molecular flexibility index (Phi) is 14.8. The predicted molar refractivity (Wildman–Crippen MR) is 148 cm³/mol. The van der Waals surface area contributed by atoms with Crippen molar-refractivity contribution >= 4 is 15.6 Å². The summed E-state index contributed by atoms with van der Waals surface area (Å²) in [4.78, 5) is 49.9. The molecule has 21 nitrogen and oxygen atoms in total. The maximum absolute atomic E-state index is 12.3. The number of aliphatic hydroxyl groups excluding tert-OH is 4. The van der Waals surface area contributed by atoms with E-state index in [2.05, 4.69) is 49.1 Å². The molecular formula is C21H38N6O15P2. The molecule has 1 aromatic heterocycles. The molecule has 2 aliphatic rings. The molecule has 0 bridgehead atoms. The van der Waals surface area contributed by atoms with Crippen LogP contribution in [0.2, 0.25) is 0 Å². The Hall–Kier alpha value is -2.03. The smallest absolute Gasteiger partial charge is 0.394 e. The average Bonchev–Trinajstić information content (AvgIpc) is 3.35. The minimum absolute atomic E-state index is 0.112. The average molecular weight is 677 g/mol. The summed E-state index contributed by atoms with van der Waals surface area (Å²) in [6, 6.07) is -0.0126. The molecule has 0 spiro atoms. The summed E-state index contributed by atoms with van der Waals surface area (Å²) < 4.78 is 49.1. The summed E-state index contributed by atoms with van der Waals surface area (Å²) in [5, 5.41) is 41.9. The molecule has 2 saturated heterocycles. The van der Waals surface area contributed by atoms with Crippen molar-refractivity contribution in [3.63, 3.8) is 0 Å². The molecule has 23 heteroatoms.